The number of nitrogens with zero attached hydrogens (tertiary/aromatic N) is 4. The molecule has 148 valence electrons. The van der Waals surface area contributed by atoms with Gasteiger partial charge in [-0.1, -0.05) is 6.07 Å². The van der Waals surface area contributed by atoms with Gasteiger partial charge in [0, 0.05) is 26.2 Å². The number of hydrogen-bond donors (Lipinski definition) is 1. The first kappa shape index (κ1) is 17.9. The maximum atomic E-state index is 12.7. The Morgan fingerprint density at radius 2 is 2.00 bits per heavy atom. The van der Waals surface area contributed by atoms with E-state index in [2.05, 4.69) is 20.2 Å². The van der Waals surface area contributed by atoms with E-state index in [1.54, 1.807) is 6.20 Å². The van der Waals surface area contributed by atoms with Crippen molar-refractivity contribution in [2.45, 2.75) is 19.8 Å². The van der Waals surface area contributed by atoms with Crippen LogP contribution in [-0.4, -0.2) is 51.4 Å². The number of carbonyl (C=O) groups is 1. The molecule has 1 N–H and O–H groups in total. The van der Waals surface area contributed by atoms with E-state index in [4.69, 9.17) is 4.42 Å². The van der Waals surface area contributed by atoms with Gasteiger partial charge in [-0.25, -0.2) is 9.97 Å². The minimum Gasteiger partial charge on any atom is -0.441 e. The van der Waals surface area contributed by atoms with Gasteiger partial charge in [0.15, 0.2) is 11.5 Å². The number of amides is 1. The van der Waals surface area contributed by atoms with Crippen LogP contribution < -0.4 is 5.32 Å². The lowest BCUT2D eigenvalue weighted by atomic mass is 10.1. The van der Waals surface area contributed by atoms with Gasteiger partial charge in [0.25, 0.3) is 5.91 Å². The molecule has 0 saturated carbocycles. The average Bonchev–Trinajstić information content (AvgIpc) is 3.45. The number of imidazole rings is 1. The van der Waals surface area contributed by atoms with Crippen molar-refractivity contribution in [1.29, 1.82) is 0 Å². The van der Waals surface area contributed by atoms with Crippen LogP contribution in [0.4, 0.5) is 0 Å². The first-order chi connectivity index (χ1) is 14.2. The summed E-state index contributed by atoms with van der Waals surface area (Å²) in [4.78, 5) is 23.9. The van der Waals surface area contributed by atoms with E-state index in [1.807, 2.05) is 47.9 Å². The van der Waals surface area contributed by atoms with Crippen LogP contribution in [0.15, 0.2) is 47.1 Å². The van der Waals surface area contributed by atoms with E-state index in [0.29, 0.717) is 18.1 Å². The molecule has 0 radical (unpaired) electrons. The molecular weight excluding hydrogens is 366 g/mol. The van der Waals surface area contributed by atoms with Crippen LogP contribution in [0.3, 0.4) is 0 Å². The lowest BCUT2D eigenvalue weighted by Crippen LogP contribution is -2.33. The SMILES string of the molecule is Cc1nc2cc(-c3ccc4ncc(C(=O)NCCN5CCCC5)n4c3)ccc2o1. The highest BCUT2D eigenvalue weighted by Gasteiger charge is 2.15. The maximum Gasteiger partial charge on any atom is 0.269 e. The minimum absolute atomic E-state index is 0.101. The third-order valence-corrected chi connectivity index (χ3v) is 5.48. The van der Waals surface area contributed by atoms with E-state index >= 15 is 0 Å². The molecule has 1 amide bonds. The molecule has 3 aromatic heterocycles. The molecule has 0 bridgehead atoms. The molecule has 1 fully saturated rings. The van der Waals surface area contributed by atoms with E-state index in [1.165, 1.54) is 12.8 Å². The first-order valence-electron chi connectivity index (χ1n) is 10.0. The number of nitrogens with one attached hydrogen (secondary N) is 1. The van der Waals surface area contributed by atoms with Crippen molar-refractivity contribution in [3.8, 4) is 11.1 Å². The number of aromatic nitrogens is 3. The highest BCUT2D eigenvalue weighted by molar-refractivity contribution is 5.93. The van der Waals surface area contributed by atoms with Crippen LogP contribution in [0, 0.1) is 6.92 Å². The fourth-order valence-corrected chi connectivity index (χ4v) is 3.97. The molecule has 1 aromatic carbocycles. The Balaban J connectivity index is 1.39. The zero-order chi connectivity index (χ0) is 19.8. The molecule has 4 heterocycles. The Labute approximate surface area is 168 Å². The Bertz CT molecular complexity index is 1190. The standard InChI is InChI=1S/C22H23N5O2/c1-15-25-18-12-16(4-6-20(18)29-15)17-5-7-21-24-13-19(27(21)14-17)22(28)23-8-11-26-9-2-3-10-26/h4-7,12-14H,2-3,8-11H2,1H3,(H,23,28). The molecule has 0 aliphatic carbocycles. The Morgan fingerprint density at radius 1 is 1.17 bits per heavy atom. The second kappa shape index (κ2) is 7.33. The van der Waals surface area contributed by atoms with Crippen LogP contribution in [-0.2, 0) is 0 Å². The number of oxazole rings is 1. The minimum atomic E-state index is -0.101. The number of likely N-dealkylation sites (tertiary alicyclic amines) is 1. The first-order valence-corrected chi connectivity index (χ1v) is 10.0. The molecule has 0 atom stereocenters. The summed E-state index contributed by atoms with van der Waals surface area (Å²) in [7, 11) is 0. The lowest BCUT2D eigenvalue weighted by Gasteiger charge is -2.14. The second-order valence-electron chi connectivity index (χ2n) is 7.51. The van der Waals surface area contributed by atoms with E-state index in [0.717, 1.165) is 47.5 Å². The van der Waals surface area contributed by atoms with Gasteiger partial charge in [0.2, 0.25) is 0 Å². The predicted octanol–water partition coefficient (Wildman–Crippen LogP) is 3.28. The summed E-state index contributed by atoms with van der Waals surface area (Å²) in [6.07, 6.45) is 6.09. The number of pyridine rings is 1. The predicted molar refractivity (Wildman–Crippen MR) is 111 cm³/mol. The normalized spacial score (nSPS) is 14.8. The maximum absolute atomic E-state index is 12.7. The van der Waals surface area contributed by atoms with Crippen LogP contribution in [0.5, 0.6) is 0 Å². The molecule has 0 unspecified atom stereocenters. The monoisotopic (exact) mass is 389 g/mol. The van der Waals surface area contributed by atoms with Crippen molar-refractivity contribution in [3.63, 3.8) is 0 Å². The molecule has 7 heteroatoms. The van der Waals surface area contributed by atoms with E-state index in [9.17, 15) is 4.79 Å². The number of rotatable bonds is 5. The van der Waals surface area contributed by atoms with Crippen LogP contribution in [0.25, 0.3) is 27.9 Å². The third-order valence-electron chi connectivity index (χ3n) is 5.48. The van der Waals surface area contributed by atoms with Crippen LogP contribution in [0.2, 0.25) is 0 Å². The van der Waals surface area contributed by atoms with Crippen molar-refractivity contribution in [2.24, 2.45) is 0 Å². The van der Waals surface area contributed by atoms with Crippen molar-refractivity contribution < 1.29 is 9.21 Å². The quantitative estimate of drug-likeness (QED) is 0.567. The molecule has 4 aromatic rings. The van der Waals surface area contributed by atoms with Gasteiger partial charge in [-0.3, -0.25) is 9.20 Å². The highest BCUT2D eigenvalue weighted by atomic mass is 16.3. The summed E-state index contributed by atoms with van der Waals surface area (Å²) in [6, 6.07) is 9.86. The van der Waals surface area contributed by atoms with Gasteiger partial charge < -0.3 is 14.6 Å². The zero-order valence-corrected chi connectivity index (χ0v) is 16.4. The summed E-state index contributed by atoms with van der Waals surface area (Å²) < 4.78 is 7.40. The number of carbonyl (C=O) groups excluding carboxylic acids is 1. The number of hydrogen-bond acceptors (Lipinski definition) is 5. The van der Waals surface area contributed by atoms with Crippen molar-refractivity contribution >= 4 is 22.7 Å². The highest BCUT2D eigenvalue weighted by Crippen LogP contribution is 2.25. The molecule has 1 aliphatic rings. The molecule has 5 rings (SSSR count). The van der Waals surface area contributed by atoms with Gasteiger partial charge in [0.05, 0.1) is 6.20 Å². The van der Waals surface area contributed by atoms with E-state index < -0.39 is 0 Å². The van der Waals surface area contributed by atoms with Gasteiger partial charge >= 0.3 is 0 Å². The summed E-state index contributed by atoms with van der Waals surface area (Å²) in [5.74, 6) is 0.548. The number of benzene rings is 1. The lowest BCUT2D eigenvalue weighted by molar-refractivity contribution is 0.0944. The fourth-order valence-electron chi connectivity index (χ4n) is 3.97. The van der Waals surface area contributed by atoms with Gasteiger partial charge in [-0.15, -0.1) is 0 Å². The largest absolute Gasteiger partial charge is 0.441 e. The Kier molecular flexibility index (Phi) is 4.52. The van der Waals surface area contributed by atoms with Crippen LogP contribution >= 0.6 is 0 Å². The molecule has 0 spiro atoms. The summed E-state index contributed by atoms with van der Waals surface area (Å²) in [5, 5.41) is 3.03. The summed E-state index contributed by atoms with van der Waals surface area (Å²) >= 11 is 0. The summed E-state index contributed by atoms with van der Waals surface area (Å²) in [5.41, 5.74) is 4.89. The number of fused-ring (bicyclic) bond motifs is 2. The molecule has 7 nitrogen and oxygen atoms in total. The molecule has 1 aliphatic heterocycles. The van der Waals surface area contributed by atoms with Gasteiger partial charge in [0.1, 0.15) is 16.9 Å². The fraction of sp³-hybridized carbons (Fsp3) is 0.318. The smallest absolute Gasteiger partial charge is 0.269 e. The molecular formula is C22H23N5O2. The molecule has 1 saturated heterocycles. The number of aryl methyl sites for hydroxylation is 1. The Morgan fingerprint density at radius 3 is 2.86 bits per heavy atom. The van der Waals surface area contributed by atoms with Gasteiger partial charge in [-0.2, -0.15) is 0 Å². The zero-order valence-electron chi connectivity index (χ0n) is 16.4. The van der Waals surface area contributed by atoms with Crippen LogP contribution in [0.1, 0.15) is 29.2 Å². The second-order valence-corrected chi connectivity index (χ2v) is 7.51. The van der Waals surface area contributed by atoms with Gasteiger partial charge in [-0.05, 0) is 61.3 Å². The van der Waals surface area contributed by atoms with Crippen molar-refractivity contribution in [2.75, 3.05) is 26.2 Å². The third kappa shape index (κ3) is 3.49. The average molecular weight is 389 g/mol. The van der Waals surface area contributed by atoms with Crippen molar-refractivity contribution in [3.05, 3.63) is 54.3 Å². The van der Waals surface area contributed by atoms with E-state index in [-0.39, 0.29) is 5.91 Å². The molecule has 29 heavy (non-hydrogen) atoms. The van der Waals surface area contributed by atoms with Crippen molar-refractivity contribution in [1.82, 2.24) is 24.6 Å². The Hall–Kier alpha value is -3.19. The topological polar surface area (TPSA) is 75.7 Å². The summed E-state index contributed by atoms with van der Waals surface area (Å²) in [6.45, 7) is 5.64.